The molecule has 2 rings (SSSR count). The highest BCUT2D eigenvalue weighted by Crippen LogP contribution is 2.13. The van der Waals surface area contributed by atoms with Crippen LogP contribution in [0.5, 0.6) is 0 Å². The Morgan fingerprint density at radius 2 is 1.74 bits per heavy atom. The number of rotatable bonds is 6. The summed E-state index contributed by atoms with van der Waals surface area (Å²) < 4.78 is 0. The lowest BCUT2D eigenvalue weighted by Crippen LogP contribution is -2.28. The van der Waals surface area contributed by atoms with Crippen molar-refractivity contribution in [1.82, 2.24) is 5.06 Å². The molecule has 0 aliphatic carbocycles. The molecule has 0 aliphatic heterocycles. The summed E-state index contributed by atoms with van der Waals surface area (Å²) in [5, 5.41) is 1.29. The summed E-state index contributed by atoms with van der Waals surface area (Å²) in [6, 6.07) is 17.0. The largest absolute Gasteiger partial charge is 0.429 e. The van der Waals surface area contributed by atoms with Gasteiger partial charge in [0.1, 0.15) is 6.34 Å². The summed E-state index contributed by atoms with van der Waals surface area (Å²) in [6.07, 6.45) is 0.538. The third-order valence-corrected chi connectivity index (χ3v) is 2.90. The molecule has 0 heterocycles. The van der Waals surface area contributed by atoms with Gasteiger partial charge in [0, 0.05) is 6.54 Å². The summed E-state index contributed by atoms with van der Waals surface area (Å²) in [5.74, 6) is 0. The van der Waals surface area contributed by atoms with E-state index in [0.717, 1.165) is 16.8 Å². The number of aliphatic imine (C=N–C) groups is 1. The van der Waals surface area contributed by atoms with Gasteiger partial charge in [-0.2, -0.15) is 5.06 Å². The molecule has 0 aliphatic rings. The Bertz CT molecular complexity index is 632. The van der Waals surface area contributed by atoms with Gasteiger partial charge in [-0.3, -0.25) is 0 Å². The molecule has 7 heteroatoms. The topological polar surface area (TPSA) is 93.9 Å². The summed E-state index contributed by atoms with van der Waals surface area (Å²) >= 11 is 0. The van der Waals surface area contributed by atoms with Crippen LogP contribution < -0.4 is 11.5 Å². The van der Waals surface area contributed by atoms with Crippen LogP contribution in [0.1, 0.15) is 11.1 Å². The molecule has 4 N–H and O–H groups in total. The van der Waals surface area contributed by atoms with Crippen molar-refractivity contribution in [3.63, 3.8) is 0 Å². The molecule has 2 aromatic carbocycles. The first-order chi connectivity index (χ1) is 10.7. The molecule has 23 heavy (non-hydrogen) atoms. The highest BCUT2D eigenvalue weighted by atomic mass is 35.5. The van der Waals surface area contributed by atoms with Crippen LogP contribution in [0.25, 0.3) is 0 Å². The van der Waals surface area contributed by atoms with E-state index in [1.54, 1.807) is 0 Å². The number of hydroxylamine groups is 2. The van der Waals surface area contributed by atoms with Crippen LogP contribution in [0.4, 0.5) is 10.5 Å². The highest BCUT2D eigenvalue weighted by molar-refractivity contribution is 5.85. The van der Waals surface area contributed by atoms with Crippen LogP contribution in [0.15, 0.2) is 59.6 Å². The van der Waals surface area contributed by atoms with Crippen molar-refractivity contribution in [2.45, 2.75) is 13.1 Å². The molecule has 0 aromatic heterocycles. The smallest absolute Gasteiger partial charge is 0.333 e. The van der Waals surface area contributed by atoms with Gasteiger partial charge in [0.25, 0.3) is 0 Å². The molecule has 0 bridgehead atoms. The monoisotopic (exact) mass is 334 g/mol. The number of benzene rings is 2. The van der Waals surface area contributed by atoms with Crippen LogP contribution in [-0.4, -0.2) is 17.5 Å². The Kier molecular flexibility index (Phi) is 7.59. The molecular weight excluding hydrogens is 316 g/mol. The second-order valence-electron chi connectivity index (χ2n) is 4.59. The van der Waals surface area contributed by atoms with Gasteiger partial charge in [0.15, 0.2) is 0 Å². The zero-order valence-electron chi connectivity index (χ0n) is 12.5. The molecule has 0 atom stereocenters. The first kappa shape index (κ1) is 18.5. The zero-order valence-corrected chi connectivity index (χ0v) is 13.3. The van der Waals surface area contributed by atoms with E-state index in [2.05, 4.69) is 4.99 Å². The molecule has 122 valence electrons. The number of halogens is 1. The molecule has 1 amide bonds. The number of amides is 1. The molecule has 2 aromatic rings. The number of nitrogens with two attached hydrogens (primary N) is 2. The fraction of sp³-hybridized carbons (Fsp3) is 0.125. The molecule has 0 fully saturated rings. The third kappa shape index (κ3) is 6.37. The number of nitrogens with zero attached hydrogens (tertiary/aromatic N) is 2. The maximum Gasteiger partial charge on any atom is 0.429 e. The lowest BCUT2D eigenvalue weighted by molar-refractivity contribution is -0.0325. The molecule has 0 saturated heterocycles. The number of primary amides is 1. The van der Waals surface area contributed by atoms with Crippen molar-refractivity contribution in [3.8, 4) is 0 Å². The normalized spacial score (nSPS) is 10.1. The van der Waals surface area contributed by atoms with Crippen molar-refractivity contribution in [1.29, 1.82) is 0 Å². The first-order valence-corrected chi connectivity index (χ1v) is 6.78. The Balaban J connectivity index is 0.00000264. The van der Waals surface area contributed by atoms with E-state index in [1.165, 1.54) is 11.4 Å². The second-order valence-corrected chi connectivity index (χ2v) is 4.59. The van der Waals surface area contributed by atoms with Crippen molar-refractivity contribution in [2.75, 3.05) is 0 Å². The van der Waals surface area contributed by atoms with E-state index >= 15 is 0 Å². The average Bonchev–Trinajstić information content (AvgIpc) is 2.53. The van der Waals surface area contributed by atoms with Gasteiger partial charge in [-0.25, -0.2) is 9.79 Å². The lowest BCUT2D eigenvalue weighted by Gasteiger charge is -2.16. The van der Waals surface area contributed by atoms with Crippen LogP contribution in [0.2, 0.25) is 0 Å². The quantitative estimate of drug-likeness (QED) is 0.482. The van der Waals surface area contributed by atoms with E-state index in [9.17, 15) is 4.79 Å². The van der Waals surface area contributed by atoms with Crippen molar-refractivity contribution in [3.05, 3.63) is 65.7 Å². The fourth-order valence-corrected chi connectivity index (χ4v) is 1.82. The fourth-order valence-electron chi connectivity index (χ4n) is 1.82. The summed E-state index contributed by atoms with van der Waals surface area (Å²) in [6.45, 7) is 0.836. The minimum atomic E-state index is -0.888. The molecule has 6 nitrogen and oxygen atoms in total. The second kappa shape index (κ2) is 9.45. The lowest BCUT2D eigenvalue weighted by atomic mass is 10.2. The first-order valence-electron chi connectivity index (χ1n) is 6.78. The Hall–Kier alpha value is -2.57. The zero-order chi connectivity index (χ0) is 15.8. The maximum absolute atomic E-state index is 11.0. The van der Waals surface area contributed by atoms with E-state index in [4.69, 9.17) is 16.3 Å². The van der Waals surface area contributed by atoms with Gasteiger partial charge in [-0.1, -0.05) is 42.5 Å². The van der Waals surface area contributed by atoms with Gasteiger partial charge in [0.05, 0.1) is 12.2 Å². The van der Waals surface area contributed by atoms with E-state index in [1.807, 2.05) is 54.6 Å². The van der Waals surface area contributed by atoms with E-state index in [0.29, 0.717) is 13.1 Å². The van der Waals surface area contributed by atoms with Crippen LogP contribution in [0.3, 0.4) is 0 Å². The Labute approximate surface area is 141 Å². The minimum Gasteiger partial charge on any atom is -0.333 e. The summed E-state index contributed by atoms with van der Waals surface area (Å²) in [7, 11) is 0. The van der Waals surface area contributed by atoms with E-state index < -0.39 is 6.09 Å². The minimum absolute atomic E-state index is 0. The number of hydrogen-bond acceptors (Lipinski definition) is 4. The van der Waals surface area contributed by atoms with E-state index in [-0.39, 0.29) is 12.4 Å². The van der Waals surface area contributed by atoms with Gasteiger partial charge < -0.3 is 16.3 Å². The van der Waals surface area contributed by atoms with Crippen molar-refractivity contribution >= 4 is 30.5 Å². The summed E-state index contributed by atoms with van der Waals surface area (Å²) in [5.41, 5.74) is 13.3. The van der Waals surface area contributed by atoms with Gasteiger partial charge in [-0.15, -0.1) is 12.4 Å². The Morgan fingerprint density at radius 3 is 2.30 bits per heavy atom. The summed E-state index contributed by atoms with van der Waals surface area (Å²) in [4.78, 5) is 20.2. The van der Waals surface area contributed by atoms with Crippen molar-refractivity contribution < 1.29 is 9.63 Å². The SMILES string of the molecule is Cl.NCc1ccc(N=CN(Cc2ccccc2)OC(N)=O)cc1. The molecular formula is C16H19ClN4O2. The van der Waals surface area contributed by atoms with Crippen LogP contribution in [0, 0.1) is 0 Å². The molecule has 0 unspecified atom stereocenters. The molecule has 0 spiro atoms. The van der Waals surface area contributed by atoms with Gasteiger partial charge in [-0.05, 0) is 23.3 Å². The standard InChI is InChI=1S/C16H18N4O2.ClH/c17-10-13-6-8-15(9-7-13)19-12-20(22-16(18)21)11-14-4-2-1-3-5-14;/h1-9,12H,10-11,17H2,(H2,18,21);1H. The van der Waals surface area contributed by atoms with Gasteiger partial charge in [0.2, 0.25) is 0 Å². The van der Waals surface area contributed by atoms with Crippen LogP contribution >= 0.6 is 12.4 Å². The van der Waals surface area contributed by atoms with Gasteiger partial charge >= 0.3 is 6.09 Å². The third-order valence-electron chi connectivity index (χ3n) is 2.90. The number of hydrogen-bond donors (Lipinski definition) is 2. The molecule has 0 saturated carbocycles. The highest BCUT2D eigenvalue weighted by Gasteiger charge is 2.06. The predicted octanol–water partition coefficient (Wildman–Crippen LogP) is 2.74. The molecule has 0 radical (unpaired) electrons. The number of carbonyl (C=O) groups excluding carboxylic acids is 1. The maximum atomic E-state index is 11.0. The number of carbonyl (C=O) groups is 1. The Morgan fingerprint density at radius 1 is 1.09 bits per heavy atom. The average molecular weight is 335 g/mol. The predicted molar refractivity (Wildman–Crippen MR) is 92.4 cm³/mol. The van der Waals surface area contributed by atoms with Crippen LogP contribution in [-0.2, 0) is 17.9 Å². The van der Waals surface area contributed by atoms with Crippen molar-refractivity contribution in [2.24, 2.45) is 16.5 Å².